The summed E-state index contributed by atoms with van der Waals surface area (Å²) in [7, 11) is 0. The Morgan fingerprint density at radius 3 is 2.76 bits per heavy atom. The fourth-order valence-corrected chi connectivity index (χ4v) is 2.84. The zero-order valence-electron chi connectivity index (χ0n) is 15.2. The average molecular weight is 389 g/mol. The van der Waals surface area contributed by atoms with Crippen molar-refractivity contribution in [3.05, 3.63) is 100 Å². The van der Waals surface area contributed by atoms with Crippen molar-refractivity contribution in [3.8, 4) is 11.6 Å². The second-order valence-corrected chi connectivity index (χ2v) is 6.32. The Bertz CT molecular complexity index is 1240. The predicted octanol–water partition coefficient (Wildman–Crippen LogP) is 3.78. The summed E-state index contributed by atoms with van der Waals surface area (Å²) in [4.78, 5) is 32.0. The molecule has 2 N–H and O–H groups in total. The van der Waals surface area contributed by atoms with Gasteiger partial charge in [-0.2, -0.15) is 0 Å². The van der Waals surface area contributed by atoms with Crippen LogP contribution in [-0.2, 0) is 6.54 Å². The zero-order chi connectivity index (χ0) is 20.2. The third kappa shape index (κ3) is 4.14. The molecule has 29 heavy (non-hydrogen) atoms. The van der Waals surface area contributed by atoms with Gasteiger partial charge in [0.2, 0.25) is 11.3 Å². The maximum atomic E-state index is 13.2. The second kappa shape index (κ2) is 7.93. The van der Waals surface area contributed by atoms with E-state index in [9.17, 15) is 14.0 Å². The molecule has 0 unspecified atom stereocenters. The second-order valence-electron chi connectivity index (χ2n) is 6.32. The molecule has 0 fully saturated rings. The molecule has 0 radical (unpaired) electrons. The lowest BCUT2D eigenvalue weighted by Gasteiger charge is -2.08. The van der Waals surface area contributed by atoms with E-state index in [1.807, 2.05) is 6.07 Å². The summed E-state index contributed by atoms with van der Waals surface area (Å²) < 4.78 is 18.7. The number of ether oxygens (including phenoxy) is 1. The van der Waals surface area contributed by atoms with Crippen LogP contribution in [0.15, 0.2) is 77.9 Å². The molecule has 0 aliphatic heterocycles. The first-order chi connectivity index (χ1) is 14.1. The molecule has 0 saturated carbocycles. The van der Waals surface area contributed by atoms with Crippen LogP contribution in [0.25, 0.3) is 10.9 Å². The van der Waals surface area contributed by atoms with Crippen LogP contribution in [0.3, 0.4) is 0 Å². The molecule has 0 spiro atoms. The van der Waals surface area contributed by atoms with Crippen LogP contribution >= 0.6 is 0 Å². The van der Waals surface area contributed by atoms with E-state index in [-0.39, 0.29) is 17.5 Å². The number of fused-ring (bicyclic) bond motifs is 1. The van der Waals surface area contributed by atoms with Gasteiger partial charge in [0.1, 0.15) is 17.1 Å². The minimum Gasteiger partial charge on any atom is -0.439 e. The van der Waals surface area contributed by atoms with E-state index in [1.54, 1.807) is 48.7 Å². The lowest BCUT2D eigenvalue weighted by molar-refractivity contribution is 0.0949. The van der Waals surface area contributed by atoms with Gasteiger partial charge in [0, 0.05) is 42.0 Å². The number of amides is 1. The van der Waals surface area contributed by atoms with Gasteiger partial charge in [0.25, 0.3) is 5.91 Å². The molecule has 2 aromatic carbocycles. The minimum absolute atomic E-state index is 0.0442. The number of carbonyl (C=O) groups is 1. The lowest BCUT2D eigenvalue weighted by Crippen LogP contribution is -2.28. The monoisotopic (exact) mass is 389 g/mol. The van der Waals surface area contributed by atoms with Crippen molar-refractivity contribution >= 4 is 16.8 Å². The van der Waals surface area contributed by atoms with Gasteiger partial charge >= 0.3 is 0 Å². The molecular weight excluding hydrogens is 373 g/mol. The fraction of sp³-hybridized carbons (Fsp3) is 0.0455. The molecule has 4 rings (SSSR count). The maximum absolute atomic E-state index is 13.2. The third-order valence-corrected chi connectivity index (χ3v) is 4.30. The first-order valence-electron chi connectivity index (χ1n) is 8.87. The minimum atomic E-state index is -0.475. The van der Waals surface area contributed by atoms with Gasteiger partial charge in [0.05, 0.1) is 0 Å². The average Bonchev–Trinajstić information content (AvgIpc) is 2.73. The molecule has 0 bridgehead atoms. The standard InChI is InChI=1S/C22H16FN3O3/c23-15-4-3-5-16(10-15)29-20-9-8-14(11-25-20)12-26-22(28)18-13-24-19-7-2-1-6-17(19)21(18)27/h1-11,13H,12H2,(H,24,27)(H,26,28). The first-order valence-corrected chi connectivity index (χ1v) is 8.87. The van der Waals surface area contributed by atoms with E-state index in [2.05, 4.69) is 15.3 Å². The SMILES string of the molecule is O=C(NCc1ccc(Oc2cccc(F)c2)nc1)c1c[nH]c2ccccc2c1=O. The lowest BCUT2D eigenvalue weighted by atomic mass is 10.1. The van der Waals surface area contributed by atoms with Crippen LogP contribution in [0.5, 0.6) is 11.6 Å². The van der Waals surface area contributed by atoms with E-state index >= 15 is 0 Å². The van der Waals surface area contributed by atoms with Gasteiger partial charge in [-0.1, -0.05) is 24.3 Å². The molecule has 1 amide bonds. The van der Waals surface area contributed by atoms with Crippen LogP contribution in [-0.4, -0.2) is 15.9 Å². The summed E-state index contributed by atoms with van der Waals surface area (Å²) in [6.07, 6.45) is 2.95. The Hall–Kier alpha value is -4.00. The highest BCUT2D eigenvalue weighted by atomic mass is 19.1. The molecule has 2 aromatic heterocycles. The number of hydrogen-bond donors (Lipinski definition) is 2. The van der Waals surface area contributed by atoms with Crippen molar-refractivity contribution in [2.75, 3.05) is 0 Å². The van der Waals surface area contributed by atoms with Crippen molar-refractivity contribution in [1.82, 2.24) is 15.3 Å². The molecule has 0 saturated heterocycles. The smallest absolute Gasteiger partial charge is 0.257 e. The number of aromatic nitrogens is 2. The number of para-hydroxylation sites is 1. The van der Waals surface area contributed by atoms with E-state index in [0.29, 0.717) is 22.5 Å². The third-order valence-electron chi connectivity index (χ3n) is 4.30. The summed E-state index contributed by atoms with van der Waals surface area (Å²) >= 11 is 0. The number of nitrogens with one attached hydrogen (secondary N) is 2. The molecule has 144 valence electrons. The molecular formula is C22H16FN3O3. The zero-order valence-corrected chi connectivity index (χ0v) is 15.2. The van der Waals surface area contributed by atoms with Crippen LogP contribution in [0, 0.1) is 5.82 Å². The highest BCUT2D eigenvalue weighted by molar-refractivity contribution is 5.97. The van der Waals surface area contributed by atoms with Crippen LogP contribution in [0.2, 0.25) is 0 Å². The van der Waals surface area contributed by atoms with Gasteiger partial charge in [-0.05, 0) is 29.8 Å². The number of rotatable bonds is 5. The van der Waals surface area contributed by atoms with E-state index in [0.717, 1.165) is 5.56 Å². The number of H-pyrrole nitrogens is 1. The number of aromatic amines is 1. The summed E-state index contributed by atoms with van der Waals surface area (Å²) in [5, 5.41) is 3.17. The largest absolute Gasteiger partial charge is 0.439 e. The van der Waals surface area contributed by atoms with Gasteiger partial charge in [0.15, 0.2) is 0 Å². The van der Waals surface area contributed by atoms with Crippen molar-refractivity contribution in [1.29, 1.82) is 0 Å². The van der Waals surface area contributed by atoms with E-state index < -0.39 is 11.7 Å². The Balaban J connectivity index is 1.42. The topological polar surface area (TPSA) is 84.1 Å². The molecule has 0 aliphatic carbocycles. The first kappa shape index (κ1) is 18.4. The Morgan fingerprint density at radius 2 is 1.97 bits per heavy atom. The molecule has 6 nitrogen and oxygen atoms in total. The number of nitrogens with zero attached hydrogens (tertiary/aromatic N) is 1. The van der Waals surface area contributed by atoms with Crippen molar-refractivity contribution < 1.29 is 13.9 Å². The van der Waals surface area contributed by atoms with Crippen LogP contribution < -0.4 is 15.5 Å². The fourth-order valence-electron chi connectivity index (χ4n) is 2.84. The van der Waals surface area contributed by atoms with Gasteiger partial charge in [-0.25, -0.2) is 9.37 Å². The normalized spacial score (nSPS) is 10.7. The summed E-state index contributed by atoms with van der Waals surface area (Å²) in [5.74, 6) is -0.228. The van der Waals surface area contributed by atoms with Crippen molar-refractivity contribution in [2.45, 2.75) is 6.54 Å². The Morgan fingerprint density at radius 1 is 1.10 bits per heavy atom. The Labute approximate surface area is 165 Å². The number of benzene rings is 2. The highest BCUT2D eigenvalue weighted by Gasteiger charge is 2.12. The number of carbonyl (C=O) groups excluding carboxylic acids is 1. The van der Waals surface area contributed by atoms with Crippen molar-refractivity contribution in [2.24, 2.45) is 0 Å². The van der Waals surface area contributed by atoms with Crippen LogP contribution in [0.4, 0.5) is 4.39 Å². The molecule has 0 atom stereocenters. The molecule has 4 aromatic rings. The maximum Gasteiger partial charge on any atom is 0.257 e. The Kier molecular flexibility index (Phi) is 5.03. The molecule has 2 heterocycles. The summed E-state index contributed by atoms with van der Waals surface area (Å²) in [6, 6.07) is 16.1. The number of pyridine rings is 2. The quantitative estimate of drug-likeness (QED) is 0.544. The number of hydrogen-bond acceptors (Lipinski definition) is 4. The van der Waals surface area contributed by atoms with E-state index in [4.69, 9.17) is 4.74 Å². The van der Waals surface area contributed by atoms with Gasteiger partial charge < -0.3 is 15.0 Å². The van der Waals surface area contributed by atoms with Gasteiger partial charge in [-0.15, -0.1) is 0 Å². The van der Waals surface area contributed by atoms with Gasteiger partial charge in [-0.3, -0.25) is 9.59 Å². The van der Waals surface area contributed by atoms with Crippen molar-refractivity contribution in [3.63, 3.8) is 0 Å². The predicted molar refractivity (Wildman–Crippen MR) is 106 cm³/mol. The van der Waals surface area contributed by atoms with Crippen LogP contribution in [0.1, 0.15) is 15.9 Å². The summed E-state index contributed by atoms with van der Waals surface area (Å²) in [6.45, 7) is 0.193. The number of halogens is 1. The summed E-state index contributed by atoms with van der Waals surface area (Å²) in [5.41, 5.74) is 1.12. The molecule has 0 aliphatic rings. The van der Waals surface area contributed by atoms with E-state index in [1.165, 1.54) is 18.3 Å². The molecule has 7 heteroatoms. The highest BCUT2D eigenvalue weighted by Crippen LogP contribution is 2.20.